The first-order valence-corrected chi connectivity index (χ1v) is 3.00. The molecule has 0 rings (SSSR count). The molecule has 64 valence electrons. The van der Waals surface area contributed by atoms with E-state index in [1.807, 2.05) is 0 Å². The van der Waals surface area contributed by atoms with Crippen LogP contribution in [0.3, 0.4) is 0 Å². The van der Waals surface area contributed by atoms with E-state index in [1.54, 1.807) is 0 Å². The summed E-state index contributed by atoms with van der Waals surface area (Å²) < 4.78 is 28.2. The number of halogens is 2. The van der Waals surface area contributed by atoms with Crippen LogP contribution in [0.2, 0.25) is 0 Å². The van der Waals surface area contributed by atoms with Crippen LogP contribution in [0.4, 0.5) is 8.78 Å². The van der Waals surface area contributed by atoms with E-state index in [-0.39, 0.29) is 6.61 Å². The van der Waals surface area contributed by atoms with Gasteiger partial charge < -0.3 is 10.5 Å². The van der Waals surface area contributed by atoms with Crippen molar-refractivity contribution in [3.05, 3.63) is 11.5 Å². The number of ether oxygens (including phenoxy) is 1. The van der Waals surface area contributed by atoms with Crippen LogP contribution in [0.5, 0.6) is 0 Å². The fraction of sp³-hybridized carbons (Fsp3) is 0.500. The summed E-state index contributed by atoms with van der Waals surface area (Å²) in [6.45, 7) is 0.354. The zero-order chi connectivity index (χ0) is 8.85. The van der Waals surface area contributed by atoms with E-state index in [9.17, 15) is 13.6 Å². The molecule has 0 aromatic heterocycles. The number of rotatable bonds is 3. The Balaban J connectivity index is 4.22. The van der Waals surface area contributed by atoms with E-state index in [0.29, 0.717) is 0 Å². The summed E-state index contributed by atoms with van der Waals surface area (Å²) in [6.07, 6.45) is 0. The van der Waals surface area contributed by atoms with Crippen molar-refractivity contribution in [1.82, 2.24) is 0 Å². The summed E-state index contributed by atoms with van der Waals surface area (Å²) in [5.41, 5.74) is 4.04. The second-order valence-electron chi connectivity index (χ2n) is 1.69. The van der Waals surface area contributed by atoms with Crippen molar-refractivity contribution in [1.29, 1.82) is 0 Å². The number of nitrogens with two attached hydrogens (primary N) is 1. The number of carbonyl (C=O) groups excluding carboxylic acids is 1. The minimum atomic E-state index is -1.35. The van der Waals surface area contributed by atoms with Crippen molar-refractivity contribution in [3.8, 4) is 0 Å². The third-order valence-corrected chi connectivity index (χ3v) is 0.881. The second-order valence-corrected chi connectivity index (χ2v) is 1.69. The Bertz CT molecular complexity index is 179. The molecule has 0 atom stereocenters. The number of alkyl halides is 1. The lowest BCUT2D eigenvalue weighted by Gasteiger charge is -1.99. The van der Waals surface area contributed by atoms with Gasteiger partial charge in [-0.2, -0.15) is 4.39 Å². The largest absolute Gasteiger partial charge is 0.461 e. The van der Waals surface area contributed by atoms with Crippen LogP contribution in [0.1, 0.15) is 6.92 Å². The minimum absolute atomic E-state index is 0.0336. The van der Waals surface area contributed by atoms with Gasteiger partial charge in [0.2, 0.25) is 5.83 Å². The Morgan fingerprint density at radius 1 is 1.64 bits per heavy atom. The molecule has 2 N–H and O–H groups in total. The van der Waals surface area contributed by atoms with E-state index in [2.05, 4.69) is 4.74 Å². The Morgan fingerprint density at radius 3 is 2.55 bits per heavy atom. The maximum Gasteiger partial charge on any atom is 0.369 e. The molecule has 0 aliphatic heterocycles. The Morgan fingerprint density at radius 2 is 2.18 bits per heavy atom. The molecule has 0 amide bonds. The molecule has 0 heterocycles. The van der Waals surface area contributed by atoms with Crippen LogP contribution in [0.25, 0.3) is 0 Å². The SMILES string of the molecule is CCOC(=O)C(F)=C(N)CF. The van der Waals surface area contributed by atoms with Gasteiger partial charge in [0, 0.05) is 0 Å². The summed E-state index contributed by atoms with van der Waals surface area (Å²) in [5, 5.41) is 0. The van der Waals surface area contributed by atoms with Gasteiger partial charge in [-0.05, 0) is 6.92 Å². The number of hydrogen-bond donors (Lipinski definition) is 1. The zero-order valence-corrected chi connectivity index (χ0v) is 6.06. The van der Waals surface area contributed by atoms with E-state index < -0.39 is 24.2 Å². The van der Waals surface area contributed by atoms with E-state index in [0.717, 1.165) is 0 Å². The molecule has 0 bridgehead atoms. The van der Waals surface area contributed by atoms with Gasteiger partial charge in [0.25, 0.3) is 0 Å². The predicted octanol–water partition coefficient (Wildman–Crippen LogP) is 0.659. The smallest absolute Gasteiger partial charge is 0.369 e. The highest BCUT2D eigenvalue weighted by atomic mass is 19.1. The van der Waals surface area contributed by atoms with Gasteiger partial charge in [0.1, 0.15) is 6.67 Å². The molecule has 0 aliphatic carbocycles. The molecule has 0 radical (unpaired) electrons. The highest BCUT2D eigenvalue weighted by molar-refractivity contribution is 5.86. The van der Waals surface area contributed by atoms with Gasteiger partial charge in [0.15, 0.2) is 0 Å². The monoisotopic (exact) mass is 165 g/mol. The molecule has 0 spiro atoms. The number of carbonyl (C=O) groups is 1. The average molecular weight is 165 g/mol. The standard InChI is InChI=1S/C6H9F2NO2/c1-2-11-6(10)5(8)4(9)3-7/h2-3,9H2,1H3. The first-order chi connectivity index (χ1) is 5.13. The van der Waals surface area contributed by atoms with Crippen molar-refractivity contribution in [2.75, 3.05) is 13.3 Å². The van der Waals surface area contributed by atoms with Gasteiger partial charge in [-0.1, -0.05) is 0 Å². The fourth-order valence-electron chi connectivity index (χ4n) is 0.384. The maximum absolute atomic E-state index is 12.4. The minimum Gasteiger partial charge on any atom is -0.461 e. The molecule has 11 heavy (non-hydrogen) atoms. The van der Waals surface area contributed by atoms with Crippen LogP contribution in [-0.4, -0.2) is 19.3 Å². The molecule has 0 aromatic rings. The third-order valence-electron chi connectivity index (χ3n) is 0.881. The second kappa shape index (κ2) is 4.65. The van der Waals surface area contributed by atoms with Crippen LogP contribution >= 0.6 is 0 Å². The van der Waals surface area contributed by atoms with Crippen molar-refractivity contribution >= 4 is 5.97 Å². The van der Waals surface area contributed by atoms with Crippen molar-refractivity contribution < 1.29 is 18.3 Å². The van der Waals surface area contributed by atoms with Crippen LogP contribution in [0, 0.1) is 0 Å². The molecule has 0 unspecified atom stereocenters. The van der Waals surface area contributed by atoms with Crippen LogP contribution < -0.4 is 5.73 Å². The molecule has 0 fully saturated rings. The predicted molar refractivity (Wildman–Crippen MR) is 34.9 cm³/mol. The van der Waals surface area contributed by atoms with Crippen LogP contribution in [-0.2, 0) is 9.53 Å². The third kappa shape index (κ3) is 2.97. The summed E-state index contributed by atoms with van der Waals surface area (Å²) in [4.78, 5) is 10.4. The Kier molecular flexibility index (Phi) is 4.17. The van der Waals surface area contributed by atoms with Gasteiger partial charge in [-0.25, -0.2) is 9.18 Å². The molecule has 0 aromatic carbocycles. The topological polar surface area (TPSA) is 52.3 Å². The highest BCUT2D eigenvalue weighted by Crippen LogP contribution is 2.03. The molecule has 0 saturated carbocycles. The van der Waals surface area contributed by atoms with E-state index >= 15 is 0 Å². The molecule has 0 aliphatic rings. The molecule has 5 heteroatoms. The van der Waals surface area contributed by atoms with Crippen molar-refractivity contribution in [2.24, 2.45) is 5.73 Å². The van der Waals surface area contributed by atoms with Crippen LogP contribution in [0.15, 0.2) is 11.5 Å². The van der Waals surface area contributed by atoms with Gasteiger partial charge in [0.05, 0.1) is 12.3 Å². The fourth-order valence-corrected chi connectivity index (χ4v) is 0.384. The summed E-state index contributed by atoms with van der Waals surface area (Å²) in [5.74, 6) is -2.57. The normalized spacial score (nSPS) is 12.3. The van der Waals surface area contributed by atoms with Gasteiger partial charge >= 0.3 is 5.97 Å². The highest BCUT2D eigenvalue weighted by Gasteiger charge is 2.13. The lowest BCUT2D eigenvalue weighted by molar-refractivity contribution is -0.140. The molecule has 3 nitrogen and oxygen atoms in total. The average Bonchev–Trinajstić information content (AvgIpc) is 2.02. The molecular formula is C6H9F2NO2. The summed E-state index contributed by atoms with van der Waals surface area (Å²) in [6, 6.07) is 0. The van der Waals surface area contributed by atoms with Gasteiger partial charge in [-0.3, -0.25) is 0 Å². The van der Waals surface area contributed by atoms with E-state index in [1.165, 1.54) is 6.92 Å². The molecular weight excluding hydrogens is 156 g/mol. The lowest BCUT2D eigenvalue weighted by Crippen LogP contribution is -2.12. The first-order valence-electron chi connectivity index (χ1n) is 3.00. The number of allylic oxidation sites excluding steroid dienone is 1. The summed E-state index contributed by atoms with van der Waals surface area (Å²) in [7, 11) is 0. The summed E-state index contributed by atoms with van der Waals surface area (Å²) >= 11 is 0. The first kappa shape index (κ1) is 9.87. The zero-order valence-electron chi connectivity index (χ0n) is 6.06. The van der Waals surface area contributed by atoms with Crippen molar-refractivity contribution in [2.45, 2.75) is 6.92 Å². The lowest BCUT2D eigenvalue weighted by atomic mass is 10.4. The Labute approximate surface area is 62.8 Å². The molecule has 0 saturated heterocycles. The number of hydrogen-bond acceptors (Lipinski definition) is 3. The quantitative estimate of drug-likeness (QED) is 0.493. The Hall–Kier alpha value is -1.13. The maximum atomic E-state index is 12.4. The number of esters is 1. The van der Waals surface area contributed by atoms with Gasteiger partial charge in [-0.15, -0.1) is 0 Å². The van der Waals surface area contributed by atoms with Crippen molar-refractivity contribution in [3.63, 3.8) is 0 Å². The van der Waals surface area contributed by atoms with E-state index in [4.69, 9.17) is 5.73 Å².